The van der Waals surface area contributed by atoms with Crippen molar-refractivity contribution in [2.24, 2.45) is 0 Å². The van der Waals surface area contributed by atoms with Gasteiger partial charge in [0.15, 0.2) is 0 Å². The molecule has 4 aromatic rings. The summed E-state index contributed by atoms with van der Waals surface area (Å²) in [5.41, 5.74) is 6.13. The lowest BCUT2D eigenvalue weighted by Crippen LogP contribution is -2.36. The second kappa shape index (κ2) is 9.80. The van der Waals surface area contributed by atoms with E-state index in [1.807, 2.05) is 58.0 Å². The maximum atomic E-state index is 13.2. The minimum Gasteiger partial charge on any atom is -0.262 e. The first kappa shape index (κ1) is 24.3. The Balaban J connectivity index is 1.86. The molecule has 0 aliphatic heterocycles. The molecule has 178 valence electrons. The summed E-state index contributed by atoms with van der Waals surface area (Å²) in [6.45, 7) is 12.3. The summed E-state index contributed by atoms with van der Waals surface area (Å²) in [4.78, 5) is 4.73. The molecule has 0 fully saturated rings. The van der Waals surface area contributed by atoms with Gasteiger partial charge in [0, 0.05) is 34.8 Å². The smallest absolute Gasteiger partial charge is 0.100 e. The fourth-order valence-corrected chi connectivity index (χ4v) is 4.96. The third-order valence-electron chi connectivity index (χ3n) is 5.86. The van der Waals surface area contributed by atoms with E-state index in [-0.39, 0.29) is 16.8 Å². The molecule has 2 atom stereocenters. The number of para-hydroxylation sites is 1. The molecule has 0 radical (unpaired) electrons. The van der Waals surface area contributed by atoms with Gasteiger partial charge in [0.2, 0.25) is 0 Å². The van der Waals surface area contributed by atoms with Crippen LogP contribution in [0.4, 0.5) is 0 Å². The van der Waals surface area contributed by atoms with Crippen molar-refractivity contribution in [2.45, 2.75) is 64.8 Å². The fourth-order valence-electron chi connectivity index (χ4n) is 4.14. The summed E-state index contributed by atoms with van der Waals surface area (Å²) in [5, 5.41) is 6.17. The molecule has 5 nitrogen and oxygen atoms in total. The lowest BCUT2D eigenvalue weighted by Gasteiger charge is -2.26. The second-order valence-electron chi connectivity index (χ2n) is 10.0. The number of pyridine rings is 1. The topological polar surface area (TPSA) is 59.8 Å². The van der Waals surface area contributed by atoms with Crippen molar-refractivity contribution in [1.82, 2.24) is 19.5 Å². The van der Waals surface area contributed by atoms with E-state index in [9.17, 15) is 4.21 Å². The maximum absolute atomic E-state index is 13.2. The van der Waals surface area contributed by atoms with Gasteiger partial charge < -0.3 is 0 Å². The first-order chi connectivity index (χ1) is 16.1. The van der Waals surface area contributed by atoms with Crippen molar-refractivity contribution >= 4 is 21.9 Å². The Kier molecular flexibility index (Phi) is 7.01. The molecule has 0 bridgehead atoms. The molecular formula is C28H34N4OS. The van der Waals surface area contributed by atoms with E-state index >= 15 is 0 Å². The summed E-state index contributed by atoms with van der Waals surface area (Å²) in [6, 6.07) is 22.8. The Bertz CT molecular complexity index is 1320. The van der Waals surface area contributed by atoms with Crippen LogP contribution in [-0.4, -0.2) is 23.7 Å². The molecule has 0 saturated heterocycles. The molecule has 0 aliphatic rings. The largest absolute Gasteiger partial charge is 0.262 e. The average molecular weight is 475 g/mol. The van der Waals surface area contributed by atoms with E-state index < -0.39 is 11.0 Å². The van der Waals surface area contributed by atoms with Crippen LogP contribution in [-0.2, 0) is 17.4 Å². The van der Waals surface area contributed by atoms with Crippen LogP contribution in [0.1, 0.15) is 63.7 Å². The van der Waals surface area contributed by atoms with Gasteiger partial charge in [0.25, 0.3) is 0 Å². The molecular weight excluding hydrogens is 440 g/mol. The van der Waals surface area contributed by atoms with Crippen LogP contribution in [0, 0.1) is 6.92 Å². The highest BCUT2D eigenvalue weighted by Crippen LogP contribution is 2.35. The lowest BCUT2D eigenvalue weighted by molar-refractivity contribution is 0.552. The van der Waals surface area contributed by atoms with E-state index in [0.29, 0.717) is 6.42 Å². The van der Waals surface area contributed by atoms with Gasteiger partial charge in [0.05, 0.1) is 27.3 Å². The van der Waals surface area contributed by atoms with Gasteiger partial charge in [-0.2, -0.15) is 5.10 Å². The molecule has 2 heterocycles. The fraction of sp³-hybridized carbons (Fsp3) is 0.357. The maximum Gasteiger partial charge on any atom is 0.100 e. The Morgan fingerprint density at radius 1 is 0.971 bits per heavy atom. The van der Waals surface area contributed by atoms with Gasteiger partial charge in [-0.3, -0.25) is 9.67 Å². The zero-order valence-corrected chi connectivity index (χ0v) is 21.7. The number of nitrogens with one attached hydrogen (secondary N) is 1. The predicted molar refractivity (Wildman–Crippen MR) is 142 cm³/mol. The quantitative estimate of drug-likeness (QED) is 0.341. The van der Waals surface area contributed by atoms with Crippen LogP contribution >= 0.6 is 0 Å². The van der Waals surface area contributed by atoms with Crippen molar-refractivity contribution in [3.63, 3.8) is 0 Å². The monoisotopic (exact) mass is 474 g/mol. The van der Waals surface area contributed by atoms with Gasteiger partial charge in [-0.1, -0.05) is 48.5 Å². The zero-order valence-electron chi connectivity index (χ0n) is 20.9. The van der Waals surface area contributed by atoms with E-state index in [1.165, 1.54) is 0 Å². The zero-order chi connectivity index (χ0) is 24.5. The minimum atomic E-state index is -1.24. The molecule has 4 rings (SSSR count). The molecule has 6 heteroatoms. The standard InChI is InChI=1S/C28H34N4OS/c1-19(2)32-26-17-10-9-16-24(26)27(30-32)23-15-8-7-14-22(23)25(31-34(33)28(4,5)6)18-21-13-11-12-20(3)29-21/h7-17,19,25,31H,18H2,1-6H3/t25?,34-/m0/s1. The SMILES string of the molecule is Cc1cccc(CC(N[S@@](=O)C(C)(C)C)c2ccccc2-c2nn(C(C)C)c3ccccc23)n1. The van der Waals surface area contributed by atoms with Crippen LogP contribution in [0.3, 0.4) is 0 Å². The molecule has 1 unspecified atom stereocenters. The van der Waals surface area contributed by atoms with Gasteiger partial charge in [-0.05, 0) is 65.3 Å². The van der Waals surface area contributed by atoms with Crippen LogP contribution < -0.4 is 4.72 Å². The van der Waals surface area contributed by atoms with Crippen molar-refractivity contribution in [3.05, 3.63) is 83.7 Å². The van der Waals surface area contributed by atoms with E-state index in [2.05, 4.69) is 59.6 Å². The molecule has 0 amide bonds. The Morgan fingerprint density at radius 3 is 2.38 bits per heavy atom. The highest BCUT2D eigenvalue weighted by Gasteiger charge is 2.27. The number of rotatable bonds is 7. The molecule has 2 aromatic heterocycles. The van der Waals surface area contributed by atoms with E-state index in [1.54, 1.807) is 0 Å². The highest BCUT2D eigenvalue weighted by atomic mass is 32.2. The molecule has 34 heavy (non-hydrogen) atoms. The van der Waals surface area contributed by atoms with Crippen molar-refractivity contribution in [3.8, 4) is 11.3 Å². The Hall–Kier alpha value is -2.83. The Morgan fingerprint density at radius 2 is 1.68 bits per heavy atom. The number of hydrogen-bond acceptors (Lipinski definition) is 3. The summed E-state index contributed by atoms with van der Waals surface area (Å²) in [5.74, 6) is 0. The predicted octanol–water partition coefficient (Wildman–Crippen LogP) is 6.32. The molecule has 0 saturated carbocycles. The first-order valence-corrected chi connectivity index (χ1v) is 13.0. The van der Waals surface area contributed by atoms with Crippen molar-refractivity contribution < 1.29 is 4.21 Å². The molecule has 0 spiro atoms. The first-order valence-electron chi connectivity index (χ1n) is 11.8. The number of aryl methyl sites for hydroxylation is 1. The van der Waals surface area contributed by atoms with Gasteiger partial charge >= 0.3 is 0 Å². The van der Waals surface area contributed by atoms with Gasteiger partial charge in [0.1, 0.15) is 5.69 Å². The normalized spacial score (nSPS) is 14.0. The summed E-state index contributed by atoms with van der Waals surface area (Å²) in [6.07, 6.45) is 0.628. The molecule has 0 aliphatic carbocycles. The number of aromatic nitrogens is 3. The molecule has 2 aromatic carbocycles. The summed E-state index contributed by atoms with van der Waals surface area (Å²) < 4.78 is 18.3. The second-order valence-corrected chi connectivity index (χ2v) is 12.0. The number of benzene rings is 2. The van der Waals surface area contributed by atoms with Crippen molar-refractivity contribution in [2.75, 3.05) is 0 Å². The third kappa shape index (κ3) is 5.13. The van der Waals surface area contributed by atoms with E-state index in [4.69, 9.17) is 10.1 Å². The van der Waals surface area contributed by atoms with Crippen LogP contribution in [0.15, 0.2) is 66.7 Å². The van der Waals surface area contributed by atoms with E-state index in [0.717, 1.165) is 39.1 Å². The third-order valence-corrected chi connectivity index (χ3v) is 7.47. The van der Waals surface area contributed by atoms with Crippen LogP contribution in [0.2, 0.25) is 0 Å². The van der Waals surface area contributed by atoms with Crippen LogP contribution in [0.5, 0.6) is 0 Å². The lowest BCUT2D eigenvalue weighted by atomic mass is 9.94. The van der Waals surface area contributed by atoms with Crippen LogP contribution in [0.25, 0.3) is 22.2 Å². The highest BCUT2D eigenvalue weighted by molar-refractivity contribution is 7.84. The molecule has 1 N–H and O–H groups in total. The summed E-state index contributed by atoms with van der Waals surface area (Å²) >= 11 is 0. The summed E-state index contributed by atoms with van der Waals surface area (Å²) in [7, 11) is -1.24. The number of fused-ring (bicyclic) bond motifs is 1. The number of nitrogens with zero attached hydrogens (tertiary/aromatic N) is 3. The van der Waals surface area contributed by atoms with Gasteiger partial charge in [-0.25, -0.2) is 8.93 Å². The number of hydrogen-bond donors (Lipinski definition) is 1. The minimum absolute atomic E-state index is 0.187. The van der Waals surface area contributed by atoms with Gasteiger partial charge in [-0.15, -0.1) is 0 Å². The average Bonchev–Trinajstić information content (AvgIpc) is 3.18. The Labute approximate surface area is 205 Å². The van der Waals surface area contributed by atoms with Crippen molar-refractivity contribution in [1.29, 1.82) is 0 Å².